The SMILES string of the molecule is CCOC(=O)C[C@H](N)NC(=O)OCc1ccccc1.Cl. The van der Waals surface area contributed by atoms with Gasteiger partial charge in [0.05, 0.1) is 19.2 Å². The topological polar surface area (TPSA) is 90.6 Å². The van der Waals surface area contributed by atoms with Crippen molar-refractivity contribution in [2.45, 2.75) is 26.1 Å². The first-order valence-corrected chi connectivity index (χ1v) is 6.00. The number of benzene rings is 1. The average Bonchev–Trinajstić information content (AvgIpc) is 2.37. The van der Waals surface area contributed by atoms with E-state index < -0.39 is 18.2 Å². The predicted octanol–water partition coefficient (Wildman–Crippen LogP) is 1.57. The van der Waals surface area contributed by atoms with Gasteiger partial charge in [-0.3, -0.25) is 4.79 Å². The summed E-state index contributed by atoms with van der Waals surface area (Å²) in [6, 6.07) is 9.25. The van der Waals surface area contributed by atoms with Gasteiger partial charge in [0.15, 0.2) is 0 Å². The standard InChI is InChI=1S/C13H18N2O4.ClH/c1-2-18-12(16)8-11(14)15-13(17)19-9-10-6-4-3-5-7-10;/h3-7,11H,2,8-9,14H2,1H3,(H,15,17);1H/t11-;/m1./s1. The Hall–Kier alpha value is -1.79. The Kier molecular flexibility index (Phi) is 9.15. The lowest BCUT2D eigenvalue weighted by atomic mass is 10.2. The lowest BCUT2D eigenvalue weighted by molar-refractivity contribution is -0.143. The van der Waals surface area contributed by atoms with Crippen LogP contribution in [-0.2, 0) is 20.9 Å². The number of amides is 1. The van der Waals surface area contributed by atoms with Crippen LogP contribution >= 0.6 is 12.4 Å². The maximum absolute atomic E-state index is 11.4. The summed E-state index contributed by atoms with van der Waals surface area (Å²) in [5.41, 5.74) is 6.43. The monoisotopic (exact) mass is 302 g/mol. The molecule has 0 aliphatic rings. The molecule has 0 aliphatic heterocycles. The molecule has 1 amide bonds. The van der Waals surface area contributed by atoms with Gasteiger partial charge < -0.3 is 20.5 Å². The van der Waals surface area contributed by atoms with Crippen molar-refractivity contribution in [3.05, 3.63) is 35.9 Å². The molecule has 20 heavy (non-hydrogen) atoms. The van der Waals surface area contributed by atoms with Gasteiger partial charge in [-0.2, -0.15) is 0 Å². The summed E-state index contributed by atoms with van der Waals surface area (Å²) >= 11 is 0. The van der Waals surface area contributed by atoms with Crippen molar-refractivity contribution in [3.63, 3.8) is 0 Å². The molecule has 0 saturated heterocycles. The minimum absolute atomic E-state index is 0. The van der Waals surface area contributed by atoms with Crippen LogP contribution in [0, 0.1) is 0 Å². The lowest BCUT2D eigenvalue weighted by Gasteiger charge is -2.13. The normalized spacial score (nSPS) is 10.9. The highest BCUT2D eigenvalue weighted by Crippen LogP contribution is 2.00. The average molecular weight is 303 g/mol. The van der Waals surface area contributed by atoms with E-state index in [0.717, 1.165) is 5.56 Å². The number of rotatable bonds is 6. The van der Waals surface area contributed by atoms with Crippen LogP contribution in [0.2, 0.25) is 0 Å². The Balaban J connectivity index is 0.00000361. The molecule has 0 saturated carbocycles. The van der Waals surface area contributed by atoms with Gasteiger partial charge in [-0.25, -0.2) is 4.79 Å². The summed E-state index contributed by atoms with van der Waals surface area (Å²) < 4.78 is 9.67. The summed E-state index contributed by atoms with van der Waals surface area (Å²) in [6.45, 7) is 2.13. The Bertz CT molecular complexity index is 414. The molecule has 1 aromatic rings. The second-order valence-electron chi connectivity index (χ2n) is 3.82. The number of halogens is 1. The predicted molar refractivity (Wildman–Crippen MR) is 76.2 cm³/mol. The molecule has 0 aliphatic carbocycles. The van der Waals surface area contributed by atoms with Crippen molar-refractivity contribution >= 4 is 24.5 Å². The number of esters is 1. The molecule has 0 unspecified atom stereocenters. The highest BCUT2D eigenvalue weighted by atomic mass is 35.5. The largest absolute Gasteiger partial charge is 0.466 e. The summed E-state index contributed by atoms with van der Waals surface area (Å²) in [6.07, 6.45) is -1.57. The number of ether oxygens (including phenoxy) is 2. The highest BCUT2D eigenvalue weighted by Gasteiger charge is 2.13. The van der Waals surface area contributed by atoms with Crippen molar-refractivity contribution in [1.82, 2.24) is 5.32 Å². The van der Waals surface area contributed by atoms with Crippen LogP contribution in [0.3, 0.4) is 0 Å². The zero-order valence-electron chi connectivity index (χ0n) is 11.2. The fourth-order valence-corrected chi connectivity index (χ4v) is 1.37. The van der Waals surface area contributed by atoms with Crippen LogP contribution < -0.4 is 11.1 Å². The minimum Gasteiger partial charge on any atom is -0.466 e. The third-order valence-electron chi connectivity index (χ3n) is 2.21. The zero-order chi connectivity index (χ0) is 14.1. The molecule has 0 radical (unpaired) electrons. The van der Waals surface area contributed by atoms with Gasteiger partial charge in [0, 0.05) is 0 Å². The van der Waals surface area contributed by atoms with Crippen molar-refractivity contribution in [3.8, 4) is 0 Å². The van der Waals surface area contributed by atoms with Crippen LogP contribution in [0.1, 0.15) is 18.9 Å². The highest BCUT2D eigenvalue weighted by molar-refractivity contribution is 5.85. The van der Waals surface area contributed by atoms with Crippen molar-refractivity contribution in [2.24, 2.45) is 5.73 Å². The van der Waals surface area contributed by atoms with Gasteiger partial charge in [0.1, 0.15) is 6.61 Å². The van der Waals surface area contributed by atoms with E-state index in [1.54, 1.807) is 6.92 Å². The van der Waals surface area contributed by atoms with E-state index in [-0.39, 0.29) is 32.0 Å². The molecule has 0 fully saturated rings. The van der Waals surface area contributed by atoms with Crippen molar-refractivity contribution < 1.29 is 19.1 Å². The third kappa shape index (κ3) is 7.60. The third-order valence-corrected chi connectivity index (χ3v) is 2.21. The molecule has 1 aromatic carbocycles. The fraction of sp³-hybridized carbons (Fsp3) is 0.385. The van der Waals surface area contributed by atoms with E-state index in [2.05, 4.69) is 5.32 Å². The number of hydrogen-bond acceptors (Lipinski definition) is 5. The molecule has 1 atom stereocenters. The first kappa shape index (κ1) is 18.2. The van der Waals surface area contributed by atoms with Crippen molar-refractivity contribution in [2.75, 3.05) is 6.61 Å². The summed E-state index contributed by atoms with van der Waals surface area (Å²) in [5.74, 6) is -0.460. The van der Waals surface area contributed by atoms with E-state index >= 15 is 0 Å². The van der Waals surface area contributed by atoms with E-state index in [9.17, 15) is 9.59 Å². The van der Waals surface area contributed by atoms with E-state index in [4.69, 9.17) is 15.2 Å². The number of alkyl carbamates (subject to hydrolysis) is 1. The number of carbonyl (C=O) groups is 2. The summed E-state index contributed by atoms with van der Waals surface area (Å²) in [5, 5.41) is 2.36. The first-order valence-electron chi connectivity index (χ1n) is 6.00. The van der Waals surface area contributed by atoms with Gasteiger partial charge in [-0.05, 0) is 12.5 Å². The summed E-state index contributed by atoms with van der Waals surface area (Å²) in [7, 11) is 0. The van der Waals surface area contributed by atoms with Gasteiger partial charge in [-0.15, -0.1) is 12.4 Å². The Labute approximate surface area is 124 Å². The van der Waals surface area contributed by atoms with Crippen LogP contribution in [0.25, 0.3) is 0 Å². The molecule has 0 aromatic heterocycles. The number of hydrogen-bond donors (Lipinski definition) is 2. The fourth-order valence-electron chi connectivity index (χ4n) is 1.37. The number of nitrogens with one attached hydrogen (secondary N) is 1. The second-order valence-corrected chi connectivity index (χ2v) is 3.82. The molecule has 112 valence electrons. The molecule has 7 heteroatoms. The summed E-state index contributed by atoms with van der Waals surface area (Å²) in [4.78, 5) is 22.5. The van der Waals surface area contributed by atoms with Crippen molar-refractivity contribution in [1.29, 1.82) is 0 Å². The molecule has 1 rings (SSSR count). The maximum Gasteiger partial charge on any atom is 0.408 e. The lowest BCUT2D eigenvalue weighted by Crippen LogP contribution is -2.43. The number of carbonyl (C=O) groups excluding carboxylic acids is 2. The smallest absolute Gasteiger partial charge is 0.408 e. The van der Waals surface area contributed by atoms with Gasteiger partial charge >= 0.3 is 12.1 Å². The minimum atomic E-state index is -0.817. The van der Waals surface area contributed by atoms with Crippen LogP contribution in [-0.4, -0.2) is 24.8 Å². The van der Waals surface area contributed by atoms with Gasteiger partial charge in [-0.1, -0.05) is 30.3 Å². The second kappa shape index (κ2) is 10.1. The maximum atomic E-state index is 11.4. The Morgan fingerprint density at radius 2 is 1.90 bits per heavy atom. The van der Waals surface area contributed by atoms with Crippen LogP contribution in [0.4, 0.5) is 4.79 Å². The van der Waals surface area contributed by atoms with Gasteiger partial charge in [0.2, 0.25) is 0 Å². The van der Waals surface area contributed by atoms with E-state index in [0.29, 0.717) is 0 Å². The molecular formula is C13H19ClN2O4. The van der Waals surface area contributed by atoms with E-state index in [1.165, 1.54) is 0 Å². The molecule has 0 heterocycles. The van der Waals surface area contributed by atoms with Gasteiger partial charge in [0.25, 0.3) is 0 Å². The number of nitrogens with two attached hydrogens (primary N) is 1. The molecule has 3 N–H and O–H groups in total. The molecule has 6 nitrogen and oxygen atoms in total. The molecule has 0 bridgehead atoms. The van der Waals surface area contributed by atoms with E-state index in [1.807, 2.05) is 30.3 Å². The Morgan fingerprint density at radius 3 is 2.50 bits per heavy atom. The first-order chi connectivity index (χ1) is 9.11. The quantitative estimate of drug-likeness (QED) is 0.615. The molecule has 0 spiro atoms. The van der Waals surface area contributed by atoms with Crippen LogP contribution in [0.15, 0.2) is 30.3 Å². The Morgan fingerprint density at radius 1 is 1.25 bits per heavy atom. The molecular weight excluding hydrogens is 284 g/mol. The zero-order valence-corrected chi connectivity index (χ0v) is 12.0. The van der Waals surface area contributed by atoms with Crippen LogP contribution in [0.5, 0.6) is 0 Å².